The highest BCUT2D eigenvalue weighted by Crippen LogP contribution is 2.27. The van der Waals surface area contributed by atoms with Gasteiger partial charge in [0, 0.05) is 0 Å². The molecule has 0 unspecified atom stereocenters. The molecule has 17 heavy (non-hydrogen) atoms. The zero-order valence-electron chi connectivity index (χ0n) is 10.9. The molecule has 96 valence electrons. The maximum absolute atomic E-state index is 5.81. The van der Waals surface area contributed by atoms with E-state index in [4.69, 9.17) is 15.2 Å². The fourth-order valence-corrected chi connectivity index (χ4v) is 1.47. The molecular formula is C12H21N3O2. The Hall–Kier alpha value is -1.36. The van der Waals surface area contributed by atoms with Crippen LogP contribution in [-0.2, 0) is 4.74 Å². The first-order chi connectivity index (χ1) is 8.02. The minimum Gasteiger partial charge on any atom is -0.475 e. The molecule has 1 aromatic rings. The SMILES string of the molecule is CC(C)OCCOc1ncnc(N)c1C(C)C. The number of nitrogens with two attached hydrogens (primary N) is 1. The second kappa shape index (κ2) is 6.39. The Bertz CT molecular complexity index is 354. The van der Waals surface area contributed by atoms with Crippen molar-refractivity contribution in [2.45, 2.75) is 39.7 Å². The van der Waals surface area contributed by atoms with Gasteiger partial charge < -0.3 is 15.2 Å². The van der Waals surface area contributed by atoms with E-state index in [0.717, 1.165) is 5.56 Å². The van der Waals surface area contributed by atoms with Gasteiger partial charge in [-0.15, -0.1) is 0 Å². The average molecular weight is 239 g/mol. The first kappa shape index (κ1) is 13.7. The summed E-state index contributed by atoms with van der Waals surface area (Å²) in [4.78, 5) is 8.08. The lowest BCUT2D eigenvalue weighted by atomic mass is 10.1. The summed E-state index contributed by atoms with van der Waals surface area (Å²) in [5.74, 6) is 1.27. The molecule has 1 aromatic heterocycles. The fraction of sp³-hybridized carbons (Fsp3) is 0.667. The molecule has 0 radical (unpaired) electrons. The number of hydrogen-bond donors (Lipinski definition) is 1. The normalized spacial score (nSPS) is 11.2. The number of nitrogens with zero attached hydrogens (tertiary/aromatic N) is 2. The van der Waals surface area contributed by atoms with Gasteiger partial charge in [-0.3, -0.25) is 0 Å². The third kappa shape index (κ3) is 4.19. The molecule has 5 nitrogen and oxygen atoms in total. The second-order valence-corrected chi connectivity index (χ2v) is 4.40. The van der Waals surface area contributed by atoms with Crippen LogP contribution in [0.5, 0.6) is 5.88 Å². The van der Waals surface area contributed by atoms with E-state index in [0.29, 0.717) is 24.9 Å². The minimum atomic E-state index is 0.207. The van der Waals surface area contributed by atoms with E-state index in [2.05, 4.69) is 9.97 Å². The van der Waals surface area contributed by atoms with Gasteiger partial charge in [0.25, 0.3) is 0 Å². The monoisotopic (exact) mass is 239 g/mol. The second-order valence-electron chi connectivity index (χ2n) is 4.40. The van der Waals surface area contributed by atoms with E-state index in [9.17, 15) is 0 Å². The molecule has 1 rings (SSSR count). The average Bonchev–Trinajstić information content (AvgIpc) is 2.23. The summed E-state index contributed by atoms with van der Waals surface area (Å²) < 4.78 is 11.0. The van der Waals surface area contributed by atoms with Gasteiger partial charge in [-0.2, -0.15) is 0 Å². The van der Waals surface area contributed by atoms with Crippen molar-refractivity contribution in [1.82, 2.24) is 9.97 Å². The Morgan fingerprint density at radius 3 is 2.47 bits per heavy atom. The Kier molecular flexibility index (Phi) is 5.15. The van der Waals surface area contributed by atoms with Crippen molar-refractivity contribution >= 4 is 5.82 Å². The van der Waals surface area contributed by atoms with Crippen LogP contribution in [0.15, 0.2) is 6.33 Å². The molecule has 5 heteroatoms. The first-order valence-electron chi connectivity index (χ1n) is 5.87. The van der Waals surface area contributed by atoms with Crippen LogP contribution in [0.25, 0.3) is 0 Å². The molecule has 0 bridgehead atoms. The molecule has 2 N–H and O–H groups in total. The molecule has 0 amide bonds. The van der Waals surface area contributed by atoms with Gasteiger partial charge >= 0.3 is 0 Å². The number of rotatable bonds is 6. The maximum atomic E-state index is 5.81. The van der Waals surface area contributed by atoms with E-state index in [1.54, 1.807) is 0 Å². The van der Waals surface area contributed by atoms with Crippen LogP contribution >= 0.6 is 0 Å². The number of nitrogen functional groups attached to an aromatic ring is 1. The van der Waals surface area contributed by atoms with Crippen LogP contribution in [-0.4, -0.2) is 29.3 Å². The topological polar surface area (TPSA) is 70.3 Å². The summed E-state index contributed by atoms with van der Waals surface area (Å²) in [5, 5.41) is 0. The van der Waals surface area contributed by atoms with E-state index < -0.39 is 0 Å². The Morgan fingerprint density at radius 1 is 1.18 bits per heavy atom. The fourth-order valence-electron chi connectivity index (χ4n) is 1.47. The molecule has 0 atom stereocenters. The molecule has 0 saturated heterocycles. The third-order valence-corrected chi connectivity index (χ3v) is 2.23. The van der Waals surface area contributed by atoms with Crippen molar-refractivity contribution in [2.75, 3.05) is 18.9 Å². The van der Waals surface area contributed by atoms with Crippen LogP contribution in [0.2, 0.25) is 0 Å². The zero-order chi connectivity index (χ0) is 12.8. The first-order valence-corrected chi connectivity index (χ1v) is 5.87. The van der Waals surface area contributed by atoms with Gasteiger partial charge in [0.05, 0.1) is 18.3 Å². The highest BCUT2D eigenvalue weighted by Gasteiger charge is 2.13. The van der Waals surface area contributed by atoms with Crippen molar-refractivity contribution in [3.8, 4) is 5.88 Å². The van der Waals surface area contributed by atoms with Crippen LogP contribution in [0.4, 0.5) is 5.82 Å². The molecular weight excluding hydrogens is 218 g/mol. The summed E-state index contributed by atoms with van der Waals surface area (Å²) in [6, 6.07) is 0. The molecule has 0 fully saturated rings. The summed E-state index contributed by atoms with van der Waals surface area (Å²) in [5.41, 5.74) is 6.67. The number of hydrogen-bond acceptors (Lipinski definition) is 5. The van der Waals surface area contributed by atoms with Crippen molar-refractivity contribution in [3.63, 3.8) is 0 Å². The Morgan fingerprint density at radius 2 is 1.88 bits per heavy atom. The molecule has 0 aromatic carbocycles. The third-order valence-electron chi connectivity index (χ3n) is 2.23. The van der Waals surface area contributed by atoms with E-state index >= 15 is 0 Å². The Balaban J connectivity index is 2.61. The maximum Gasteiger partial charge on any atom is 0.222 e. The van der Waals surface area contributed by atoms with E-state index in [-0.39, 0.29) is 12.0 Å². The van der Waals surface area contributed by atoms with Crippen molar-refractivity contribution in [3.05, 3.63) is 11.9 Å². The summed E-state index contributed by atoms with van der Waals surface area (Å²) in [6.45, 7) is 9.05. The standard InChI is InChI=1S/C12H21N3O2/c1-8(2)10-11(13)14-7-15-12(10)17-6-5-16-9(3)4/h7-9H,5-6H2,1-4H3,(H2,13,14,15). The van der Waals surface area contributed by atoms with Crippen molar-refractivity contribution in [2.24, 2.45) is 0 Å². The quantitative estimate of drug-likeness (QED) is 0.769. The van der Waals surface area contributed by atoms with E-state index in [1.807, 2.05) is 27.7 Å². The van der Waals surface area contributed by atoms with Gasteiger partial charge in [0.1, 0.15) is 18.8 Å². The Labute approximate surface area is 102 Å². The van der Waals surface area contributed by atoms with Gasteiger partial charge in [0.2, 0.25) is 5.88 Å². The summed E-state index contributed by atoms with van der Waals surface area (Å²) in [7, 11) is 0. The van der Waals surface area contributed by atoms with Crippen molar-refractivity contribution in [1.29, 1.82) is 0 Å². The highest BCUT2D eigenvalue weighted by atomic mass is 16.5. The lowest BCUT2D eigenvalue weighted by Crippen LogP contribution is -2.13. The van der Waals surface area contributed by atoms with Gasteiger partial charge in [-0.05, 0) is 19.8 Å². The lowest BCUT2D eigenvalue weighted by Gasteiger charge is -2.14. The van der Waals surface area contributed by atoms with Gasteiger partial charge in [-0.1, -0.05) is 13.8 Å². The number of anilines is 1. The smallest absolute Gasteiger partial charge is 0.222 e. The van der Waals surface area contributed by atoms with Crippen molar-refractivity contribution < 1.29 is 9.47 Å². The molecule has 0 spiro atoms. The highest BCUT2D eigenvalue weighted by molar-refractivity contribution is 5.46. The lowest BCUT2D eigenvalue weighted by molar-refractivity contribution is 0.0539. The summed E-state index contributed by atoms with van der Waals surface area (Å²) in [6.07, 6.45) is 1.62. The number of aromatic nitrogens is 2. The van der Waals surface area contributed by atoms with E-state index in [1.165, 1.54) is 6.33 Å². The predicted molar refractivity (Wildman–Crippen MR) is 67.1 cm³/mol. The minimum absolute atomic E-state index is 0.207. The van der Waals surface area contributed by atoms with Crippen LogP contribution in [0.1, 0.15) is 39.2 Å². The van der Waals surface area contributed by atoms with Crippen LogP contribution in [0.3, 0.4) is 0 Å². The molecule has 0 aliphatic rings. The number of ether oxygens (including phenoxy) is 2. The predicted octanol–water partition coefficient (Wildman–Crippen LogP) is 1.99. The zero-order valence-corrected chi connectivity index (χ0v) is 10.9. The largest absolute Gasteiger partial charge is 0.475 e. The van der Waals surface area contributed by atoms with Gasteiger partial charge in [-0.25, -0.2) is 9.97 Å². The molecule has 0 aliphatic heterocycles. The molecule has 0 saturated carbocycles. The van der Waals surface area contributed by atoms with Gasteiger partial charge in [0.15, 0.2) is 0 Å². The van der Waals surface area contributed by atoms with Crippen LogP contribution < -0.4 is 10.5 Å². The van der Waals surface area contributed by atoms with Crippen LogP contribution in [0, 0.1) is 0 Å². The molecule has 1 heterocycles. The molecule has 0 aliphatic carbocycles. The summed E-state index contributed by atoms with van der Waals surface area (Å²) >= 11 is 0.